The number of ether oxygens (including phenoxy) is 1. The summed E-state index contributed by atoms with van der Waals surface area (Å²) in [4.78, 5) is 4.26. The number of nitrogens with zero attached hydrogens (tertiary/aromatic N) is 2. The van der Waals surface area contributed by atoms with E-state index in [1.165, 1.54) is 0 Å². The van der Waals surface area contributed by atoms with Gasteiger partial charge in [0.15, 0.2) is 0 Å². The molecular formula is C14H16ClN3O. The average Bonchev–Trinajstić information content (AvgIpc) is 2.89. The molecule has 1 aromatic carbocycles. The van der Waals surface area contributed by atoms with E-state index in [4.69, 9.17) is 16.3 Å². The molecular weight excluding hydrogens is 262 g/mol. The first-order valence-corrected chi connectivity index (χ1v) is 6.74. The van der Waals surface area contributed by atoms with Crippen molar-refractivity contribution in [3.63, 3.8) is 0 Å². The molecule has 0 aliphatic carbocycles. The van der Waals surface area contributed by atoms with Crippen LogP contribution < -0.4 is 5.32 Å². The minimum Gasteiger partial charge on any atom is -0.369 e. The van der Waals surface area contributed by atoms with Crippen LogP contribution in [0.25, 0.3) is 5.69 Å². The van der Waals surface area contributed by atoms with E-state index in [9.17, 15) is 0 Å². The quantitative estimate of drug-likeness (QED) is 0.917. The topological polar surface area (TPSA) is 39.1 Å². The number of hydrogen-bond donors (Lipinski definition) is 1. The van der Waals surface area contributed by atoms with Crippen LogP contribution in [0, 0.1) is 6.92 Å². The summed E-state index contributed by atoms with van der Waals surface area (Å²) in [5.41, 5.74) is 3.28. The summed E-state index contributed by atoms with van der Waals surface area (Å²) in [5.74, 6) is 0. The maximum atomic E-state index is 6.01. The van der Waals surface area contributed by atoms with Gasteiger partial charge in [-0.2, -0.15) is 0 Å². The van der Waals surface area contributed by atoms with Gasteiger partial charge in [0.25, 0.3) is 0 Å². The SMILES string of the molecule is Cc1cc(Cl)ccc1-n1cncc1C1CNCCO1. The van der Waals surface area contributed by atoms with E-state index in [-0.39, 0.29) is 6.10 Å². The summed E-state index contributed by atoms with van der Waals surface area (Å²) in [5, 5.41) is 4.09. The van der Waals surface area contributed by atoms with Crippen LogP contribution in [0.3, 0.4) is 0 Å². The number of aryl methyl sites for hydroxylation is 1. The second-order valence-electron chi connectivity index (χ2n) is 4.68. The molecule has 2 aromatic rings. The fraction of sp³-hybridized carbons (Fsp3) is 0.357. The van der Waals surface area contributed by atoms with Crippen molar-refractivity contribution in [3.05, 3.63) is 47.0 Å². The fourth-order valence-corrected chi connectivity index (χ4v) is 2.62. The summed E-state index contributed by atoms with van der Waals surface area (Å²) in [7, 11) is 0. The van der Waals surface area contributed by atoms with E-state index in [2.05, 4.69) is 14.9 Å². The molecule has 2 heterocycles. The van der Waals surface area contributed by atoms with Gasteiger partial charge in [-0.3, -0.25) is 0 Å². The number of morpholine rings is 1. The number of rotatable bonds is 2. The van der Waals surface area contributed by atoms with Crippen LogP contribution in [0.5, 0.6) is 0 Å². The molecule has 1 N–H and O–H groups in total. The maximum Gasteiger partial charge on any atom is 0.112 e. The highest BCUT2D eigenvalue weighted by atomic mass is 35.5. The molecule has 4 nitrogen and oxygen atoms in total. The maximum absolute atomic E-state index is 6.01. The molecule has 1 unspecified atom stereocenters. The smallest absolute Gasteiger partial charge is 0.112 e. The number of nitrogens with one attached hydrogen (secondary N) is 1. The molecule has 1 saturated heterocycles. The number of halogens is 1. The molecule has 1 aliphatic heterocycles. The summed E-state index contributed by atoms with van der Waals surface area (Å²) < 4.78 is 7.87. The van der Waals surface area contributed by atoms with Gasteiger partial charge in [-0.15, -0.1) is 0 Å². The van der Waals surface area contributed by atoms with Crippen molar-refractivity contribution in [1.29, 1.82) is 0 Å². The largest absolute Gasteiger partial charge is 0.369 e. The van der Waals surface area contributed by atoms with E-state index in [1.54, 1.807) is 0 Å². The van der Waals surface area contributed by atoms with Crippen LogP contribution in [0.15, 0.2) is 30.7 Å². The molecule has 0 bridgehead atoms. The first-order valence-electron chi connectivity index (χ1n) is 6.37. The number of aromatic nitrogens is 2. The van der Waals surface area contributed by atoms with Crippen LogP contribution in [-0.2, 0) is 4.74 Å². The second kappa shape index (κ2) is 5.33. The second-order valence-corrected chi connectivity index (χ2v) is 5.12. The molecule has 0 radical (unpaired) electrons. The van der Waals surface area contributed by atoms with Crippen molar-refractivity contribution >= 4 is 11.6 Å². The van der Waals surface area contributed by atoms with Gasteiger partial charge in [0.1, 0.15) is 6.10 Å². The van der Waals surface area contributed by atoms with Crippen molar-refractivity contribution in [3.8, 4) is 5.69 Å². The van der Waals surface area contributed by atoms with E-state index in [0.717, 1.165) is 41.7 Å². The summed E-state index contributed by atoms with van der Waals surface area (Å²) in [6.45, 7) is 4.50. The monoisotopic (exact) mass is 277 g/mol. The first-order chi connectivity index (χ1) is 9.25. The zero-order chi connectivity index (χ0) is 13.2. The van der Waals surface area contributed by atoms with E-state index in [0.29, 0.717) is 0 Å². The van der Waals surface area contributed by atoms with Crippen molar-refractivity contribution in [2.24, 2.45) is 0 Å². The molecule has 1 aliphatic rings. The van der Waals surface area contributed by atoms with Crippen molar-refractivity contribution in [2.45, 2.75) is 13.0 Å². The van der Waals surface area contributed by atoms with E-state index >= 15 is 0 Å². The number of benzene rings is 1. The minimum atomic E-state index is 0.0475. The molecule has 0 spiro atoms. The molecule has 1 atom stereocenters. The van der Waals surface area contributed by atoms with Crippen molar-refractivity contribution in [1.82, 2.24) is 14.9 Å². The van der Waals surface area contributed by atoms with Crippen LogP contribution in [0.1, 0.15) is 17.4 Å². The lowest BCUT2D eigenvalue weighted by atomic mass is 10.1. The van der Waals surface area contributed by atoms with E-state index in [1.807, 2.05) is 37.6 Å². The average molecular weight is 278 g/mol. The van der Waals surface area contributed by atoms with Gasteiger partial charge in [0.2, 0.25) is 0 Å². The molecule has 1 aromatic heterocycles. The summed E-state index contributed by atoms with van der Waals surface area (Å²) in [6.07, 6.45) is 3.74. The van der Waals surface area contributed by atoms with Crippen LogP contribution in [0.4, 0.5) is 0 Å². The van der Waals surface area contributed by atoms with Gasteiger partial charge in [-0.1, -0.05) is 11.6 Å². The Balaban J connectivity index is 1.99. The third kappa shape index (κ3) is 2.52. The Bertz CT molecular complexity index is 576. The predicted octanol–water partition coefficient (Wildman–Crippen LogP) is 2.50. The minimum absolute atomic E-state index is 0.0475. The number of hydrogen-bond acceptors (Lipinski definition) is 3. The molecule has 19 heavy (non-hydrogen) atoms. The molecule has 3 rings (SSSR count). The van der Waals surface area contributed by atoms with Crippen LogP contribution >= 0.6 is 11.6 Å². The summed E-state index contributed by atoms with van der Waals surface area (Å²) in [6, 6.07) is 5.87. The molecule has 0 amide bonds. The Morgan fingerprint density at radius 2 is 2.37 bits per heavy atom. The first kappa shape index (κ1) is 12.7. The zero-order valence-electron chi connectivity index (χ0n) is 10.8. The molecule has 0 saturated carbocycles. The Morgan fingerprint density at radius 1 is 1.47 bits per heavy atom. The molecule has 1 fully saturated rings. The van der Waals surface area contributed by atoms with Gasteiger partial charge >= 0.3 is 0 Å². The predicted molar refractivity (Wildman–Crippen MR) is 74.9 cm³/mol. The van der Waals surface area contributed by atoms with Gasteiger partial charge in [-0.25, -0.2) is 4.98 Å². The van der Waals surface area contributed by atoms with Gasteiger partial charge in [0.05, 0.1) is 24.8 Å². The standard InChI is InChI=1S/C14H16ClN3O/c1-10-6-11(15)2-3-12(10)18-9-17-7-13(18)14-8-16-4-5-19-14/h2-3,6-7,9,14,16H,4-5,8H2,1H3. The third-order valence-electron chi connectivity index (χ3n) is 3.34. The highest BCUT2D eigenvalue weighted by Crippen LogP contribution is 2.25. The van der Waals surface area contributed by atoms with Crippen molar-refractivity contribution in [2.75, 3.05) is 19.7 Å². The molecule has 5 heteroatoms. The normalized spacial score (nSPS) is 19.6. The van der Waals surface area contributed by atoms with Gasteiger partial charge < -0.3 is 14.6 Å². The van der Waals surface area contributed by atoms with Gasteiger partial charge in [0, 0.05) is 23.8 Å². The highest BCUT2D eigenvalue weighted by molar-refractivity contribution is 6.30. The van der Waals surface area contributed by atoms with Gasteiger partial charge in [-0.05, 0) is 30.7 Å². The lowest BCUT2D eigenvalue weighted by Crippen LogP contribution is -2.34. The number of imidazole rings is 1. The fourth-order valence-electron chi connectivity index (χ4n) is 2.39. The molecule has 100 valence electrons. The summed E-state index contributed by atoms with van der Waals surface area (Å²) >= 11 is 6.01. The Hall–Kier alpha value is -1.36. The van der Waals surface area contributed by atoms with Crippen molar-refractivity contribution < 1.29 is 4.74 Å². The Labute approximate surface area is 117 Å². The zero-order valence-corrected chi connectivity index (χ0v) is 11.5. The highest BCUT2D eigenvalue weighted by Gasteiger charge is 2.20. The third-order valence-corrected chi connectivity index (χ3v) is 3.58. The van der Waals surface area contributed by atoms with Crippen LogP contribution in [-0.4, -0.2) is 29.2 Å². The lowest BCUT2D eigenvalue weighted by molar-refractivity contribution is 0.0240. The Kier molecular flexibility index (Phi) is 3.55. The van der Waals surface area contributed by atoms with E-state index < -0.39 is 0 Å². The van der Waals surface area contributed by atoms with Crippen LogP contribution in [0.2, 0.25) is 5.02 Å². The Morgan fingerprint density at radius 3 is 3.11 bits per heavy atom. The lowest BCUT2D eigenvalue weighted by Gasteiger charge is -2.24.